The fraction of sp³-hybridized carbons (Fsp3) is 0.600. The third-order valence-corrected chi connectivity index (χ3v) is 5.45. The molecule has 0 radical (unpaired) electrons. The van der Waals surface area contributed by atoms with Crippen molar-refractivity contribution in [1.29, 1.82) is 0 Å². The first-order valence-electron chi connectivity index (χ1n) is 9.54. The van der Waals surface area contributed by atoms with Crippen LogP contribution in [0.3, 0.4) is 0 Å². The molecule has 0 bridgehead atoms. The van der Waals surface area contributed by atoms with Gasteiger partial charge in [0.25, 0.3) is 5.91 Å². The van der Waals surface area contributed by atoms with E-state index in [1.54, 1.807) is 0 Å². The minimum Gasteiger partial charge on any atom is -0.356 e. The molecule has 2 aliphatic heterocycles. The number of piperidine rings is 1. The molecule has 144 valence electrons. The van der Waals surface area contributed by atoms with Crippen molar-refractivity contribution in [2.75, 3.05) is 32.7 Å². The van der Waals surface area contributed by atoms with Crippen LogP contribution < -0.4 is 10.6 Å². The zero-order valence-electron chi connectivity index (χ0n) is 15.3. The summed E-state index contributed by atoms with van der Waals surface area (Å²) in [5.74, 6) is 1.44. The fourth-order valence-corrected chi connectivity index (χ4v) is 3.75. The number of nitrogens with zero attached hydrogens (tertiary/aromatic N) is 1. The van der Waals surface area contributed by atoms with E-state index in [0.717, 1.165) is 57.5 Å². The summed E-state index contributed by atoms with van der Waals surface area (Å²) in [6.07, 6.45) is 4.75. The van der Waals surface area contributed by atoms with Crippen LogP contribution in [0.25, 0.3) is 0 Å². The minimum atomic E-state index is 0. The summed E-state index contributed by atoms with van der Waals surface area (Å²) in [5.41, 5.74) is 0.760. The van der Waals surface area contributed by atoms with E-state index >= 15 is 0 Å². The van der Waals surface area contributed by atoms with E-state index in [4.69, 9.17) is 0 Å². The molecule has 0 spiro atoms. The first-order valence-corrected chi connectivity index (χ1v) is 9.54. The van der Waals surface area contributed by atoms with E-state index in [0.29, 0.717) is 18.3 Å². The van der Waals surface area contributed by atoms with Crippen LogP contribution in [0.2, 0.25) is 0 Å². The Bertz CT molecular complexity index is 568. The number of carbonyl (C=O) groups excluding carboxylic acids is 2. The van der Waals surface area contributed by atoms with Gasteiger partial charge in [0.15, 0.2) is 0 Å². The molecular formula is C20H30ClN3O2. The van der Waals surface area contributed by atoms with Gasteiger partial charge in [0.2, 0.25) is 5.91 Å². The van der Waals surface area contributed by atoms with Gasteiger partial charge in [0.1, 0.15) is 0 Å². The Hall–Kier alpha value is -1.59. The molecule has 1 aromatic rings. The Morgan fingerprint density at radius 2 is 1.81 bits per heavy atom. The fourth-order valence-electron chi connectivity index (χ4n) is 3.75. The van der Waals surface area contributed by atoms with Crippen LogP contribution in [0.4, 0.5) is 0 Å². The molecule has 2 N–H and O–H groups in total. The molecule has 2 heterocycles. The highest BCUT2D eigenvalue weighted by Gasteiger charge is 2.24. The zero-order chi connectivity index (χ0) is 17.5. The van der Waals surface area contributed by atoms with E-state index in [9.17, 15) is 9.59 Å². The van der Waals surface area contributed by atoms with Gasteiger partial charge in [-0.25, -0.2) is 0 Å². The minimum absolute atomic E-state index is 0. The SMILES string of the molecule is Cl.O=C(CCC1CCNC1)NCC1CCN(C(=O)c2ccccc2)CC1. The summed E-state index contributed by atoms with van der Waals surface area (Å²) in [4.78, 5) is 26.4. The lowest BCUT2D eigenvalue weighted by Crippen LogP contribution is -2.41. The average Bonchev–Trinajstić information content (AvgIpc) is 3.19. The number of nitrogens with one attached hydrogen (secondary N) is 2. The van der Waals surface area contributed by atoms with E-state index in [-0.39, 0.29) is 24.2 Å². The van der Waals surface area contributed by atoms with Gasteiger partial charge >= 0.3 is 0 Å². The van der Waals surface area contributed by atoms with E-state index in [1.807, 2.05) is 35.2 Å². The first kappa shape index (κ1) is 20.7. The Morgan fingerprint density at radius 1 is 1.08 bits per heavy atom. The molecule has 1 unspecified atom stereocenters. The van der Waals surface area contributed by atoms with Crippen LogP contribution in [0.1, 0.15) is 42.5 Å². The van der Waals surface area contributed by atoms with E-state index < -0.39 is 0 Å². The second kappa shape index (κ2) is 10.5. The Kier molecular flexibility index (Phi) is 8.39. The molecule has 0 saturated carbocycles. The maximum atomic E-state index is 12.4. The van der Waals surface area contributed by atoms with Crippen LogP contribution in [-0.4, -0.2) is 49.4 Å². The number of hydrogen-bond acceptors (Lipinski definition) is 3. The van der Waals surface area contributed by atoms with Gasteiger partial charge in [-0.3, -0.25) is 9.59 Å². The van der Waals surface area contributed by atoms with Crippen LogP contribution in [-0.2, 0) is 4.79 Å². The summed E-state index contributed by atoms with van der Waals surface area (Å²) < 4.78 is 0. The zero-order valence-corrected chi connectivity index (χ0v) is 16.1. The number of rotatable bonds is 6. The molecule has 26 heavy (non-hydrogen) atoms. The average molecular weight is 380 g/mol. The van der Waals surface area contributed by atoms with Crippen molar-refractivity contribution < 1.29 is 9.59 Å². The second-order valence-electron chi connectivity index (χ2n) is 7.30. The summed E-state index contributed by atoms with van der Waals surface area (Å²) in [7, 11) is 0. The molecule has 2 amide bonds. The molecule has 1 atom stereocenters. The Balaban J connectivity index is 0.00000243. The highest BCUT2D eigenvalue weighted by Crippen LogP contribution is 2.19. The van der Waals surface area contributed by atoms with Crippen LogP contribution in [0.5, 0.6) is 0 Å². The number of benzene rings is 1. The monoisotopic (exact) mass is 379 g/mol. The third kappa shape index (κ3) is 5.99. The molecule has 5 nitrogen and oxygen atoms in total. The van der Waals surface area contributed by atoms with Crippen molar-refractivity contribution in [3.63, 3.8) is 0 Å². The molecule has 0 aliphatic carbocycles. The maximum Gasteiger partial charge on any atom is 0.253 e. The molecule has 3 rings (SSSR count). The van der Waals surface area contributed by atoms with Crippen molar-refractivity contribution in [3.05, 3.63) is 35.9 Å². The quantitative estimate of drug-likeness (QED) is 0.798. The molecule has 2 saturated heterocycles. The lowest BCUT2D eigenvalue weighted by Gasteiger charge is -2.32. The molecule has 2 fully saturated rings. The lowest BCUT2D eigenvalue weighted by atomic mass is 9.96. The Labute approximate surface area is 162 Å². The molecular weight excluding hydrogens is 350 g/mol. The normalized spacial score (nSPS) is 20.5. The van der Waals surface area contributed by atoms with Gasteiger partial charge in [0.05, 0.1) is 0 Å². The highest BCUT2D eigenvalue weighted by molar-refractivity contribution is 5.94. The summed E-state index contributed by atoms with van der Waals surface area (Å²) >= 11 is 0. The van der Waals surface area contributed by atoms with Crippen molar-refractivity contribution in [1.82, 2.24) is 15.5 Å². The van der Waals surface area contributed by atoms with Crippen LogP contribution >= 0.6 is 12.4 Å². The van der Waals surface area contributed by atoms with Crippen molar-refractivity contribution in [2.45, 2.75) is 32.1 Å². The summed E-state index contributed by atoms with van der Waals surface area (Å²) in [6.45, 7) is 4.45. The Morgan fingerprint density at radius 3 is 2.46 bits per heavy atom. The van der Waals surface area contributed by atoms with Crippen molar-refractivity contribution in [3.8, 4) is 0 Å². The third-order valence-electron chi connectivity index (χ3n) is 5.45. The number of likely N-dealkylation sites (tertiary alicyclic amines) is 1. The van der Waals surface area contributed by atoms with Crippen molar-refractivity contribution >= 4 is 24.2 Å². The topological polar surface area (TPSA) is 61.4 Å². The molecule has 0 aromatic heterocycles. The summed E-state index contributed by atoms with van der Waals surface area (Å²) in [5, 5.41) is 6.43. The van der Waals surface area contributed by atoms with Crippen LogP contribution in [0.15, 0.2) is 30.3 Å². The van der Waals surface area contributed by atoms with Gasteiger partial charge in [-0.15, -0.1) is 12.4 Å². The smallest absolute Gasteiger partial charge is 0.253 e. The molecule has 1 aromatic carbocycles. The number of amides is 2. The standard InChI is InChI=1S/C20H29N3O2.ClH/c24-19(7-6-16-8-11-21-14-16)22-15-17-9-12-23(13-10-17)20(25)18-4-2-1-3-5-18;/h1-5,16-17,21H,6-15H2,(H,22,24);1H. The van der Waals surface area contributed by atoms with Gasteiger partial charge < -0.3 is 15.5 Å². The first-order chi connectivity index (χ1) is 12.2. The van der Waals surface area contributed by atoms with Crippen LogP contribution in [0, 0.1) is 11.8 Å². The van der Waals surface area contributed by atoms with Gasteiger partial charge in [0, 0.05) is 31.6 Å². The largest absolute Gasteiger partial charge is 0.356 e. The van der Waals surface area contributed by atoms with Gasteiger partial charge in [-0.05, 0) is 62.7 Å². The van der Waals surface area contributed by atoms with E-state index in [2.05, 4.69) is 10.6 Å². The predicted octanol–water partition coefficient (Wildman–Crippen LogP) is 2.47. The second-order valence-corrected chi connectivity index (χ2v) is 7.30. The van der Waals surface area contributed by atoms with E-state index in [1.165, 1.54) is 6.42 Å². The number of halogens is 1. The molecule has 2 aliphatic rings. The van der Waals surface area contributed by atoms with Gasteiger partial charge in [-0.2, -0.15) is 0 Å². The lowest BCUT2D eigenvalue weighted by molar-refractivity contribution is -0.121. The number of hydrogen-bond donors (Lipinski definition) is 2. The molecule has 6 heteroatoms. The number of carbonyl (C=O) groups is 2. The maximum absolute atomic E-state index is 12.4. The summed E-state index contributed by atoms with van der Waals surface area (Å²) in [6, 6.07) is 9.46. The van der Waals surface area contributed by atoms with Crippen molar-refractivity contribution in [2.24, 2.45) is 11.8 Å². The predicted molar refractivity (Wildman–Crippen MR) is 106 cm³/mol. The highest BCUT2D eigenvalue weighted by atomic mass is 35.5. The van der Waals surface area contributed by atoms with Gasteiger partial charge in [-0.1, -0.05) is 18.2 Å².